The number of carboxylic acids is 1. The smallest absolute Gasteiger partial charge is 0.310 e. The molecule has 2 rings (SSSR count). The van der Waals surface area contributed by atoms with Gasteiger partial charge in [0.15, 0.2) is 0 Å². The number of carboxylic acid groups (broad SMARTS) is 1. The molecule has 0 bridgehead atoms. The van der Waals surface area contributed by atoms with E-state index in [0.717, 1.165) is 50.9 Å². The molecule has 1 atom stereocenters. The summed E-state index contributed by atoms with van der Waals surface area (Å²) in [5.74, 6) is -0.631. The van der Waals surface area contributed by atoms with Crippen LogP contribution in [-0.2, 0) is 24.8 Å². The van der Waals surface area contributed by atoms with E-state index in [1.807, 2.05) is 11.7 Å². The largest absolute Gasteiger partial charge is 0.481 e. The zero-order valence-electron chi connectivity index (χ0n) is 13.4. The van der Waals surface area contributed by atoms with Crippen molar-refractivity contribution in [1.29, 1.82) is 0 Å². The molecule has 0 amide bonds. The van der Waals surface area contributed by atoms with Crippen molar-refractivity contribution < 1.29 is 9.90 Å². The zero-order valence-corrected chi connectivity index (χ0v) is 13.4. The van der Waals surface area contributed by atoms with Crippen LogP contribution in [0.25, 0.3) is 0 Å². The molecule has 1 aromatic heterocycles. The molecule has 1 fully saturated rings. The number of aromatic nitrogens is 2. The minimum atomic E-state index is -0.631. The number of hydrogen-bond acceptors (Lipinski definition) is 3. The molecule has 1 saturated heterocycles. The summed E-state index contributed by atoms with van der Waals surface area (Å²) in [4.78, 5) is 14.0. The van der Waals surface area contributed by atoms with Gasteiger partial charge in [-0.1, -0.05) is 20.3 Å². The summed E-state index contributed by atoms with van der Waals surface area (Å²) in [5.41, 5.74) is 1.71. The van der Waals surface area contributed by atoms with E-state index < -0.39 is 11.4 Å². The summed E-state index contributed by atoms with van der Waals surface area (Å²) in [6.45, 7) is 6.60. The fraction of sp³-hybridized carbons (Fsp3) is 0.750. The second-order valence-corrected chi connectivity index (χ2v) is 6.25. The van der Waals surface area contributed by atoms with Gasteiger partial charge in [-0.05, 0) is 38.3 Å². The van der Waals surface area contributed by atoms with Crippen LogP contribution in [0, 0.1) is 5.41 Å². The van der Waals surface area contributed by atoms with Crippen molar-refractivity contribution in [3.8, 4) is 0 Å². The fourth-order valence-electron chi connectivity index (χ4n) is 3.45. The van der Waals surface area contributed by atoms with Gasteiger partial charge < -0.3 is 5.11 Å². The van der Waals surface area contributed by atoms with Crippen molar-refractivity contribution in [2.75, 3.05) is 13.1 Å². The van der Waals surface area contributed by atoms with Gasteiger partial charge in [-0.2, -0.15) is 5.10 Å². The van der Waals surface area contributed by atoms with Gasteiger partial charge in [-0.15, -0.1) is 0 Å². The summed E-state index contributed by atoms with van der Waals surface area (Å²) < 4.78 is 1.93. The normalized spacial score (nSPS) is 23.4. The van der Waals surface area contributed by atoms with Crippen LogP contribution in [0.5, 0.6) is 0 Å². The molecule has 0 aromatic carbocycles. The molecule has 0 aliphatic carbocycles. The van der Waals surface area contributed by atoms with Crippen LogP contribution in [0.1, 0.15) is 50.9 Å². The van der Waals surface area contributed by atoms with Gasteiger partial charge >= 0.3 is 5.97 Å². The van der Waals surface area contributed by atoms with Crippen LogP contribution in [0.4, 0.5) is 0 Å². The number of aryl methyl sites for hydroxylation is 2. The third kappa shape index (κ3) is 3.46. The Morgan fingerprint density at radius 1 is 1.48 bits per heavy atom. The molecule has 1 N–H and O–H groups in total. The van der Waals surface area contributed by atoms with Crippen molar-refractivity contribution in [1.82, 2.24) is 14.7 Å². The van der Waals surface area contributed by atoms with Gasteiger partial charge in [-0.25, -0.2) is 0 Å². The summed E-state index contributed by atoms with van der Waals surface area (Å²) in [6.07, 6.45) is 4.39. The molecule has 21 heavy (non-hydrogen) atoms. The van der Waals surface area contributed by atoms with Crippen LogP contribution in [0.2, 0.25) is 0 Å². The quantitative estimate of drug-likeness (QED) is 0.875. The maximum Gasteiger partial charge on any atom is 0.310 e. The van der Waals surface area contributed by atoms with E-state index >= 15 is 0 Å². The molecular formula is C16H27N3O2. The first kappa shape index (κ1) is 16.0. The second kappa shape index (κ2) is 6.60. The highest BCUT2D eigenvalue weighted by Gasteiger charge is 2.41. The molecule has 0 spiro atoms. The van der Waals surface area contributed by atoms with E-state index in [2.05, 4.69) is 29.9 Å². The number of aliphatic carboxylic acids is 1. The Kier molecular flexibility index (Phi) is 5.04. The standard InChI is InChI=1S/C16H27N3O2/c1-4-7-16(15(20)21)8-6-9-19(12-16)11-14-10-13(5-2)17-18(14)3/h10H,4-9,11-12H2,1-3H3,(H,20,21). The molecule has 0 saturated carbocycles. The first-order chi connectivity index (χ1) is 10.0. The van der Waals surface area contributed by atoms with Gasteiger partial charge in [0.25, 0.3) is 0 Å². The molecule has 1 aliphatic rings. The van der Waals surface area contributed by atoms with Crippen molar-refractivity contribution in [2.45, 2.75) is 52.5 Å². The maximum atomic E-state index is 11.7. The number of likely N-dealkylation sites (tertiary alicyclic amines) is 1. The van der Waals surface area contributed by atoms with E-state index in [1.165, 1.54) is 5.69 Å². The van der Waals surface area contributed by atoms with Crippen molar-refractivity contribution in [2.24, 2.45) is 12.5 Å². The lowest BCUT2D eigenvalue weighted by Gasteiger charge is -2.39. The van der Waals surface area contributed by atoms with Gasteiger partial charge in [0.2, 0.25) is 0 Å². The molecule has 1 aromatic rings. The van der Waals surface area contributed by atoms with E-state index in [4.69, 9.17) is 0 Å². The van der Waals surface area contributed by atoms with Gasteiger partial charge in [0, 0.05) is 20.1 Å². The van der Waals surface area contributed by atoms with E-state index in [-0.39, 0.29) is 0 Å². The van der Waals surface area contributed by atoms with Gasteiger partial charge in [-0.3, -0.25) is 14.4 Å². The average Bonchev–Trinajstić information content (AvgIpc) is 2.80. The Hall–Kier alpha value is -1.36. The van der Waals surface area contributed by atoms with Crippen LogP contribution < -0.4 is 0 Å². The lowest BCUT2D eigenvalue weighted by molar-refractivity contribution is -0.153. The number of piperidine rings is 1. The minimum absolute atomic E-state index is 0.556. The van der Waals surface area contributed by atoms with E-state index in [0.29, 0.717) is 6.54 Å². The predicted octanol–water partition coefficient (Wildman–Crippen LogP) is 2.45. The Bertz CT molecular complexity index is 494. The highest BCUT2D eigenvalue weighted by atomic mass is 16.4. The van der Waals surface area contributed by atoms with Crippen LogP contribution in [-0.4, -0.2) is 38.8 Å². The zero-order chi connectivity index (χ0) is 15.5. The van der Waals surface area contributed by atoms with Crippen molar-refractivity contribution in [3.05, 3.63) is 17.5 Å². The van der Waals surface area contributed by atoms with Crippen LogP contribution in [0.3, 0.4) is 0 Å². The molecule has 5 nitrogen and oxygen atoms in total. The summed E-state index contributed by atoms with van der Waals surface area (Å²) in [6, 6.07) is 2.14. The fourth-order valence-corrected chi connectivity index (χ4v) is 3.45. The molecular weight excluding hydrogens is 266 g/mol. The molecule has 1 unspecified atom stereocenters. The van der Waals surface area contributed by atoms with Crippen molar-refractivity contribution in [3.63, 3.8) is 0 Å². The molecule has 0 radical (unpaired) electrons. The second-order valence-electron chi connectivity index (χ2n) is 6.25. The summed E-state index contributed by atoms with van der Waals surface area (Å²) in [7, 11) is 1.97. The number of hydrogen-bond donors (Lipinski definition) is 1. The highest BCUT2D eigenvalue weighted by Crippen LogP contribution is 2.35. The van der Waals surface area contributed by atoms with E-state index in [9.17, 15) is 9.90 Å². The number of nitrogens with zero attached hydrogens (tertiary/aromatic N) is 3. The Morgan fingerprint density at radius 2 is 2.24 bits per heavy atom. The Balaban J connectivity index is 2.09. The van der Waals surface area contributed by atoms with Crippen molar-refractivity contribution >= 4 is 5.97 Å². The Morgan fingerprint density at radius 3 is 2.81 bits per heavy atom. The predicted molar refractivity (Wildman–Crippen MR) is 82.1 cm³/mol. The van der Waals surface area contributed by atoms with E-state index in [1.54, 1.807) is 0 Å². The topological polar surface area (TPSA) is 58.4 Å². The molecule has 118 valence electrons. The number of rotatable bonds is 6. The van der Waals surface area contributed by atoms with Gasteiger partial charge in [0.05, 0.1) is 16.8 Å². The summed E-state index contributed by atoms with van der Waals surface area (Å²) in [5, 5.41) is 14.1. The highest BCUT2D eigenvalue weighted by molar-refractivity contribution is 5.75. The molecule has 1 aliphatic heterocycles. The first-order valence-corrected chi connectivity index (χ1v) is 7.98. The van der Waals surface area contributed by atoms with Crippen LogP contribution >= 0.6 is 0 Å². The number of carbonyl (C=O) groups is 1. The van der Waals surface area contributed by atoms with Crippen LogP contribution in [0.15, 0.2) is 6.07 Å². The third-order valence-corrected chi connectivity index (χ3v) is 4.61. The average molecular weight is 293 g/mol. The maximum absolute atomic E-state index is 11.7. The molecule has 2 heterocycles. The van der Waals surface area contributed by atoms with Gasteiger partial charge in [0.1, 0.15) is 0 Å². The first-order valence-electron chi connectivity index (χ1n) is 7.98. The molecule has 5 heteroatoms. The summed E-state index contributed by atoms with van der Waals surface area (Å²) >= 11 is 0. The lowest BCUT2D eigenvalue weighted by atomic mass is 9.76. The monoisotopic (exact) mass is 293 g/mol. The third-order valence-electron chi connectivity index (χ3n) is 4.61. The Labute approximate surface area is 126 Å². The SMILES string of the molecule is CCCC1(C(=O)O)CCCN(Cc2cc(CC)nn2C)C1. The lowest BCUT2D eigenvalue weighted by Crippen LogP contribution is -2.47. The minimum Gasteiger partial charge on any atom is -0.481 e.